The van der Waals surface area contributed by atoms with Crippen LogP contribution in [0.1, 0.15) is 21.5 Å². The topological polar surface area (TPSA) is 55.1 Å². The van der Waals surface area contributed by atoms with Crippen molar-refractivity contribution in [1.29, 1.82) is 0 Å². The molecule has 0 bridgehead atoms. The summed E-state index contributed by atoms with van der Waals surface area (Å²) in [6.07, 6.45) is 0. The van der Waals surface area contributed by atoms with Crippen molar-refractivity contribution in [3.05, 3.63) is 28.8 Å². The first-order valence-electron chi connectivity index (χ1n) is 3.94. The van der Waals surface area contributed by atoms with Crippen LogP contribution in [-0.2, 0) is 0 Å². The molecule has 0 atom stereocenters. The van der Waals surface area contributed by atoms with E-state index in [0.717, 1.165) is 11.1 Å². The molecule has 2 radical (unpaired) electrons. The zero-order valence-electron chi connectivity index (χ0n) is 7.72. The van der Waals surface area contributed by atoms with Crippen LogP contribution in [0.4, 0.5) is 0 Å². The third-order valence-corrected chi connectivity index (χ3v) is 1.99. The Labute approximate surface area is 78.7 Å². The van der Waals surface area contributed by atoms with E-state index in [1.165, 1.54) is 0 Å². The van der Waals surface area contributed by atoms with E-state index in [0.29, 0.717) is 11.0 Å². The lowest BCUT2D eigenvalue weighted by Gasteiger charge is -2.07. The molecule has 1 aromatic carbocycles. The van der Waals surface area contributed by atoms with Crippen LogP contribution in [-0.4, -0.2) is 13.8 Å². The van der Waals surface area contributed by atoms with Crippen LogP contribution in [0.5, 0.6) is 0 Å². The van der Waals surface area contributed by atoms with E-state index in [4.69, 9.17) is 13.7 Å². The van der Waals surface area contributed by atoms with Crippen molar-refractivity contribution in [2.24, 2.45) is 5.84 Å². The molecule has 0 aromatic heterocycles. The molecule has 1 rings (SSSR count). The molecule has 66 valence electrons. The van der Waals surface area contributed by atoms with Crippen LogP contribution in [0, 0.1) is 13.8 Å². The summed E-state index contributed by atoms with van der Waals surface area (Å²) in [7, 11) is 5.73. The molecule has 0 saturated heterocycles. The average molecular weight is 174 g/mol. The minimum Gasteiger partial charge on any atom is -0.290 e. The molecule has 13 heavy (non-hydrogen) atoms. The van der Waals surface area contributed by atoms with Crippen molar-refractivity contribution in [2.75, 3.05) is 0 Å². The van der Waals surface area contributed by atoms with Gasteiger partial charge in [-0.3, -0.25) is 10.2 Å². The maximum atomic E-state index is 11.2. The van der Waals surface area contributed by atoms with Crippen molar-refractivity contribution < 1.29 is 4.79 Å². The fraction of sp³-hybridized carbons (Fsp3) is 0.222. The molecule has 0 aliphatic heterocycles. The number of hydrazine groups is 1. The first kappa shape index (κ1) is 9.80. The predicted molar refractivity (Wildman–Crippen MR) is 53.0 cm³/mol. The molecule has 0 saturated carbocycles. The van der Waals surface area contributed by atoms with Gasteiger partial charge in [0.1, 0.15) is 7.85 Å². The van der Waals surface area contributed by atoms with Gasteiger partial charge in [-0.1, -0.05) is 16.6 Å². The number of nitrogens with two attached hydrogens (primary N) is 1. The van der Waals surface area contributed by atoms with Crippen LogP contribution in [0.3, 0.4) is 0 Å². The van der Waals surface area contributed by atoms with Gasteiger partial charge in [-0.05, 0) is 26.0 Å². The number of carbonyl (C=O) groups excluding carboxylic acids is 1. The Morgan fingerprint density at radius 3 is 2.23 bits per heavy atom. The smallest absolute Gasteiger partial charge is 0.265 e. The molecule has 0 spiro atoms. The summed E-state index contributed by atoms with van der Waals surface area (Å²) in [5.41, 5.74) is 5.10. The van der Waals surface area contributed by atoms with E-state index in [1.807, 2.05) is 13.8 Å². The maximum Gasteiger partial charge on any atom is 0.265 e. The van der Waals surface area contributed by atoms with E-state index in [1.54, 1.807) is 12.1 Å². The van der Waals surface area contributed by atoms with Gasteiger partial charge in [0.25, 0.3) is 5.91 Å². The number of carbonyl (C=O) groups is 1. The van der Waals surface area contributed by atoms with Gasteiger partial charge in [-0.25, -0.2) is 5.84 Å². The Morgan fingerprint density at radius 2 is 1.85 bits per heavy atom. The lowest BCUT2D eigenvalue weighted by molar-refractivity contribution is 0.0953. The van der Waals surface area contributed by atoms with Crippen LogP contribution in [0.2, 0.25) is 0 Å². The Hall–Kier alpha value is -1.29. The zero-order chi connectivity index (χ0) is 10.0. The largest absolute Gasteiger partial charge is 0.290 e. The second-order valence-corrected chi connectivity index (χ2v) is 3.00. The highest BCUT2D eigenvalue weighted by molar-refractivity contribution is 6.34. The number of rotatable bonds is 1. The Balaban J connectivity index is 3.20. The van der Waals surface area contributed by atoms with Crippen molar-refractivity contribution >= 4 is 19.2 Å². The van der Waals surface area contributed by atoms with E-state index in [-0.39, 0.29) is 5.91 Å². The molecule has 0 heterocycles. The van der Waals surface area contributed by atoms with Crippen molar-refractivity contribution in [3.8, 4) is 0 Å². The van der Waals surface area contributed by atoms with Gasteiger partial charge < -0.3 is 0 Å². The lowest BCUT2D eigenvalue weighted by Crippen LogP contribution is -2.30. The van der Waals surface area contributed by atoms with Crippen LogP contribution in [0.25, 0.3) is 0 Å². The first-order chi connectivity index (χ1) is 6.06. The van der Waals surface area contributed by atoms with E-state index < -0.39 is 0 Å². The second-order valence-electron chi connectivity index (χ2n) is 3.00. The van der Waals surface area contributed by atoms with Gasteiger partial charge in [0.15, 0.2) is 0 Å². The summed E-state index contributed by atoms with van der Waals surface area (Å²) in [6, 6.07) is 3.43. The Bertz CT molecular complexity index is 326. The molecule has 0 unspecified atom stereocenters. The summed E-state index contributed by atoms with van der Waals surface area (Å²) in [6.45, 7) is 3.71. The molecule has 0 aliphatic carbocycles. The standard InChI is InChI=1S/C9H11BN2O/c1-5-3-7(9(13)12-11)4-6(2)8(5)10/h3-4H,11H2,1-2H3,(H,12,13). The highest BCUT2D eigenvalue weighted by Crippen LogP contribution is 2.05. The summed E-state index contributed by atoms with van der Waals surface area (Å²) < 4.78 is 0. The highest BCUT2D eigenvalue weighted by Gasteiger charge is 2.06. The number of nitrogen functional groups attached to an aromatic ring is 1. The van der Waals surface area contributed by atoms with Crippen LogP contribution < -0.4 is 16.7 Å². The van der Waals surface area contributed by atoms with Crippen LogP contribution >= 0.6 is 0 Å². The number of hydrogen-bond acceptors (Lipinski definition) is 2. The molecule has 0 aliphatic rings. The van der Waals surface area contributed by atoms with Crippen molar-refractivity contribution in [2.45, 2.75) is 13.8 Å². The number of hydrogen-bond donors (Lipinski definition) is 2. The van der Waals surface area contributed by atoms with Gasteiger partial charge >= 0.3 is 0 Å². The van der Waals surface area contributed by atoms with Gasteiger partial charge in [0, 0.05) is 5.56 Å². The van der Waals surface area contributed by atoms with Gasteiger partial charge in [-0.15, -0.1) is 0 Å². The fourth-order valence-corrected chi connectivity index (χ4v) is 1.19. The second kappa shape index (κ2) is 3.62. The van der Waals surface area contributed by atoms with E-state index in [2.05, 4.69) is 5.43 Å². The van der Waals surface area contributed by atoms with Gasteiger partial charge in [0.05, 0.1) is 0 Å². The molecule has 0 fully saturated rings. The van der Waals surface area contributed by atoms with Crippen molar-refractivity contribution in [3.63, 3.8) is 0 Å². The normalized spacial score (nSPS) is 9.77. The highest BCUT2D eigenvalue weighted by atomic mass is 16.2. The molecular weight excluding hydrogens is 163 g/mol. The summed E-state index contributed by atoms with van der Waals surface area (Å²) in [5, 5.41) is 0. The summed E-state index contributed by atoms with van der Waals surface area (Å²) in [5.74, 6) is 4.71. The van der Waals surface area contributed by atoms with E-state index >= 15 is 0 Å². The minimum atomic E-state index is -0.300. The SMILES string of the molecule is [B]c1c(C)cc(C(=O)NN)cc1C. The minimum absolute atomic E-state index is 0.300. The molecule has 4 heteroatoms. The molecule has 1 aromatic rings. The Kier molecular flexibility index (Phi) is 2.73. The third-order valence-electron chi connectivity index (χ3n) is 1.99. The van der Waals surface area contributed by atoms with Crippen molar-refractivity contribution in [1.82, 2.24) is 5.43 Å². The van der Waals surface area contributed by atoms with Gasteiger partial charge in [-0.2, -0.15) is 0 Å². The number of aryl methyl sites for hydroxylation is 2. The molecule has 3 N–H and O–H groups in total. The molecule has 1 amide bonds. The number of nitrogens with one attached hydrogen (secondary N) is 1. The number of benzene rings is 1. The predicted octanol–water partition coefficient (Wildman–Crippen LogP) is -0.299. The first-order valence-corrected chi connectivity index (χ1v) is 3.94. The monoisotopic (exact) mass is 174 g/mol. The van der Waals surface area contributed by atoms with Gasteiger partial charge in [0.2, 0.25) is 0 Å². The summed E-state index contributed by atoms with van der Waals surface area (Å²) in [4.78, 5) is 11.2. The molecular formula is C9H11BN2O. The summed E-state index contributed by atoms with van der Waals surface area (Å²) >= 11 is 0. The van der Waals surface area contributed by atoms with E-state index in [9.17, 15) is 4.79 Å². The quantitative estimate of drug-likeness (QED) is 0.266. The fourth-order valence-electron chi connectivity index (χ4n) is 1.19. The Morgan fingerprint density at radius 1 is 1.38 bits per heavy atom. The maximum absolute atomic E-state index is 11.2. The zero-order valence-corrected chi connectivity index (χ0v) is 7.72. The number of amides is 1. The average Bonchev–Trinajstić information content (AvgIpc) is 2.12. The lowest BCUT2D eigenvalue weighted by atomic mass is 9.85. The molecule has 3 nitrogen and oxygen atoms in total. The third kappa shape index (κ3) is 1.90. The van der Waals surface area contributed by atoms with Crippen LogP contribution in [0.15, 0.2) is 12.1 Å².